The molecule has 0 unspecified atom stereocenters. The Balaban J connectivity index is 1.93. The Morgan fingerprint density at radius 3 is 2.75 bits per heavy atom. The Hall–Kier alpha value is -1.61. The molecule has 0 saturated heterocycles. The summed E-state index contributed by atoms with van der Waals surface area (Å²) in [6.45, 7) is 3.01. The molecule has 0 radical (unpaired) electrons. The zero-order valence-corrected chi connectivity index (χ0v) is 9.10. The summed E-state index contributed by atoms with van der Waals surface area (Å²) in [4.78, 5) is 13.1. The molecule has 0 spiro atoms. The molecule has 1 aromatic rings. The molecule has 1 aliphatic heterocycles. The van der Waals surface area contributed by atoms with Crippen molar-refractivity contribution in [1.82, 2.24) is 4.90 Å². The van der Waals surface area contributed by atoms with Crippen LogP contribution in [0.15, 0.2) is 36.4 Å². The van der Waals surface area contributed by atoms with Gasteiger partial charge in [-0.1, -0.05) is 24.3 Å². The minimum Gasteiger partial charge on any atom is -0.478 e. The zero-order valence-electron chi connectivity index (χ0n) is 9.10. The van der Waals surface area contributed by atoms with Crippen molar-refractivity contribution in [3.05, 3.63) is 47.5 Å². The van der Waals surface area contributed by atoms with Crippen LogP contribution in [0, 0.1) is 0 Å². The highest BCUT2D eigenvalue weighted by atomic mass is 16.4. The summed E-state index contributed by atoms with van der Waals surface area (Å²) in [6.07, 6.45) is 5.23. The minimum atomic E-state index is -0.857. The molecule has 1 aliphatic rings. The highest BCUT2D eigenvalue weighted by Gasteiger charge is 2.07. The monoisotopic (exact) mass is 217 g/mol. The third-order valence-corrected chi connectivity index (χ3v) is 2.78. The van der Waals surface area contributed by atoms with Crippen molar-refractivity contribution in [2.45, 2.75) is 6.42 Å². The topological polar surface area (TPSA) is 40.5 Å². The zero-order chi connectivity index (χ0) is 11.4. The van der Waals surface area contributed by atoms with Gasteiger partial charge in [0.05, 0.1) is 5.56 Å². The average Bonchev–Trinajstić information content (AvgIpc) is 2.79. The maximum absolute atomic E-state index is 10.8. The second-order valence-electron chi connectivity index (χ2n) is 3.99. The number of carbonyl (C=O) groups is 1. The highest BCUT2D eigenvalue weighted by Crippen LogP contribution is 2.08. The normalized spacial score (nSPS) is 15.5. The van der Waals surface area contributed by atoms with Crippen molar-refractivity contribution in [3.63, 3.8) is 0 Å². The quantitative estimate of drug-likeness (QED) is 0.782. The summed E-state index contributed by atoms with van der Waals surface area (Å²) in [5.74, 6) is -0.857. The smallest absolute Gasteiger partial charge is 0.335 e. The number of hydrogen-bond acceptors (Lipinski definition) is 2. The van der Waals surface area contributed by atoms with E-state index in [2.05, 4.69) is 17.1 Å². The second-order valence-corrected chi connectivity index (χ2v) is 3.99. The van der Waals surface area contributed by atoms with Crippen LogP contribution in [0.25, 0.3) is 0 Å². The predicted molar refractivity (Wildman–Crippen MR) is 62.7 cm³/mol. The molecule has 0 aromatic heterocycles. The van der Waals surface area contributed by atoms with Gasteiger partial charge in [0, 0.05) is 19.6 Å². The summed E-state index contributed by atoms with van der Waals surface area (Å²) < 4.78 is 0. The first-order valence-electron chi connectivity index (χ1n) is 5.45. The third-order valence-electron chi connectivity index (χ3n) is 2.78. The number of carboxylic acid groups (broad SMARTS) is 1. The van der Waals surface area contributed by atoms with Gasteiger partial charge in [-0.2, -0.15) is 0 Å². The lowest BCUT2D eigenvalue weighted by molar-refractivity contribution is 0.0696. The van der Waals surface area contributed by atoms with Crippen LogP contribution in [0.3, 0.4) is 0 Å². The Labute approximate surface area is 95.0 Å². The number of carboxylic acids is 1. The molecule has 2 rings (SSSR count). The minimum absolute atomic E-state index is 0.372. The summed E-state index contributed by atoms with van der Waals surface area (Å²) in [6, 6.07) is 7.17. The van der Waals surface area contributed by atoms with Gasteiger partial charge in [0.15, 0.2) is 0 Å². The van der Waals surface area contributed by atoms with Gasteiger partial charge >= 0.3 is 5.97 Å². The van der Waals surface area contributed by atoms with Crippen LogP contribution in [0.1, 0.15) is 15.9 Å². The summed E-state index contributed by atoms with van der Waals surface area (Å²) in [5, 5.41) is 8.87. The van der Waals surface area contributed by atoms with Gasteiger partial charge in [-0.25, -0.2) is 4.79 Å². The average molecular weight is 217 g/mol. The van der Waals surface area contributed by atoms with E-state index in [1.54, 1.807) is 18.2 Å². The van der Waals surface area contributed by atoms with Crippen molar-refractivity contribution in [2.75, 3.05) is 19.6 Å². The van der Waals surface area contributed by atoms with Gasteiger partial charge in [-0.3, -0.25) is 4.90 Å². The molecule has 0 aliphatic carbocycles. The fourth-order valence-corrected chi connectivity index (χ4v) is 1.85. The lowest BCUT2D eigenvalue weighted by atomic mass is 10.1. The van der Waals surface area contributed by atoms with Crippen LogP contribution in [0.2, 0.25) is 0 Å². The fraction of sp³-hybridized carbons (Fsp3) is 0.308. The van der Waals surface area contributed by atoms with Crippen molar-refractivity contribution in [2.24, 2.45) is 0 Å². The highest BCUT2D eigenvalue weighted by molar-refractivity contribution is 5.87. The first-order chi connectivity index (χ1) is 7.75. The Kier molecular flexibility index (Phi) is 3.37. The Bertz CT molecular complexity index is 404. The van der Waals surface area contributed by atoms with Crippen molar-refractivity contribution < 1.29 is 9.90 Å². The number of rotatable bonds is 4. The first-order valence-corrected chi connectivity index (χ1v) is 5.45. The largest absolute Gasteiger partial charge is 0.478 e. The number of aromatic carboxylic acids is 1. The van der Waals surface area contributed by atoms with Gasteiger partial charge in [0.25, 0.3) is 0 Å². The van der Waals surface area contributed by atoms with E-state index in [1.807, 2.05) is 6.07 Å². The van der Waals surface area contributed by atoms with E-state index in [0.29, 0.717) is 5.56 Å². The number of hydrogen-bond donors (Lipinski definition) is 1. The maximum atomic E-state index is 10.8. The van der Waals surface area contributed by atoms with E-state index in [1.165, 1.54) is 0 Å². The lowest BCUT2D eigenvalue weighted by Gasteiger charge is -2.14. The summed E-state index contributed by atoms with van der Waals surface area (Å²) in [7, 11) is 0. The first kappa shape index (κ1) is 10.9. The van der Waals surface area contributed by atoms with Gasteiger partial charge in [0.1, 0.15) is 0 Å². The van der Waals surface area contributed by atoms with Crippen LogP contribution in [-0.2, 0) is 6.42 Å². The van der Waals surface area contributed by atoms with Crippen LogP contribution in [-0.4, -0.2) is 35.6 Å². The molecule has 3 nitrogen and oxygen atoms in total. The van der Waals surface area contributed by atoms with Crippen LogP contribution >= 0.6 is 0 Å². The SMILES string of the molecule is O=C(O)c1cccc(CCN2CC=CC2)c1. The number of nitrogens with zero attached hydrogens (tertiary/aromatic N) is 1. The molecular formula is C13H15NO2. The molecule has 84 valence electrons. The molecule has 1 N–H and O–H groups in total. The predicted octanol–water partition coefficient (Wildman–Crippen LogP) is 1.80. The molecule has 0 fully saturated rings. The van der Waals surface area contributed by atoms with Crippen LogP contribution in [0.5, 0.6) is 0 Å². The molecule has 0 saturated carbocycles. The van der Waals surface area contributed by atoms with E-state index in [0.717, 1.165) is 31.6 Å². The van der Waals surface area contributed by atoms with Crippen LogP contribution < -0.4 is 0 Å². The summed E-state index contributed by atoms with van der Waals surface area (Å²) in [5.41, 5.74) is 1.46. The third kappa shape index (κ3) is 2.70. The molecule has 3 heteroatoms. The van der Waals surface area contributed by atoms with E-state index >= 15 is 0 Å². The van der Waals surface area contributed by atoms with Gasteiger partial charge in [-0.15, -0.1) is 0 Å². The molecule has 1 aromatic carbocycles. The van der Waals surface area contributed by atoms with Crippen molar-refractivity contribution in [3.8, 4) is 0 Å². The number of benzene rings is 1. The van der Waals surface area contributed by atoms with E-state index in [4.69, 9.17) is 5.11 Å². The second kappa shape index (κ2) is 4.94. The maximum Gasteiger partial charge on any atom is 0.335 e. The Morgan fingerprint density at radius 1 is 1.31 bits per heavy atom. The standard InChI is InChI=1S/C13H15NO2/c15-13(16)12-5-3-4-11(10-12)6-9-14-7-1-2-8-14/h1-5,10H,6-9H2,(H,15,16). The molecular weight excluding hydrogens is 202 g/mol. The van der Waals surface area contributed by atoms with E-state index in [-0.39, 0.29) is 0 Å². The lowest BCUT2D eigenvalue weighted by Crippen LogP contribution is -2.22. The van der Waals surface area contributed by atoms with Crippen molar-refractivity contribution >= 4 is 5.97 Å². The van der Waals surface area contributed by atoms with Gasteiger partial charge in [0.2, 0.25) is 0 Å². The van der Waals surface area contributed by atoms with Gasteiger partial charge < -0.3 is 5.11 Å². The molecule has 16 heavy (non-hydrogen) atoms. The molecule has 0 amide bonds. The molecule has 1 heterocycles. The fourth-order valence-electron chi connectivity index (χ4n) is 1.85. The van der Waals surface area contributed by atoms with E-state index in [9.17, 15) is 4.79 Å². The Morgan fingerprint density at radius 2 is 2.06 bits per heavy atom. The van der Waals surface area contributed by atoms with E-state index < -0.39 is 5.97 Å². The summed E-state index contributed by atoms with van der Waals surface area (Å²) >= 11 is 0. The van der Waals surface area contributed by atoms with Crippen LogP contribution in [0.4, 0.5) is 0 Å². The molecule has 0 bridgehead atoms. The molecule has 0 atom stereocenters. The van der Waals surface area contributed by atoms with Crippen molar-refractivity contribution in [1.29, 1.82) is 0 Å². The van der Waals surface area contributed by atoms with Gasteiger partial charge in [-0.05, 0) is 24.1 Å².